The molecule has 0 saturated carbocycles. The molecule has 0 radical (unpaired) electrons. The maximum Gasteiger partial charge on any atom is 0.143 e. The van der Waals surface area contributed by atoms with Crippen LogP contribution in [-0.4, -0.2) is 0 Å². The third-order valence-corrected chi connectivity index (χ3v) is 8.40. The molecule has 0 aliphatic carbocycles. The molecule has 39 heavy (non-hydrogen) atoms. The smallest absolute Gasteiger partial charge is 0.143 e. The van der Waals surface area contributed by atoms with Crippen molar-refractivity contribution in [3.8, 4) is 44.9 Å². The summed E-state index contributed by atoms with van der Waals surface area (Å²) in [4.78, 5) is 0. The van der Waals surface area contributed by atoms with Gasteiger partial charge in [0.2, 0.25) is 0 Å². The molecule has 0 unspecified atom stereocenters. The summed E-state index contributed by atoms with van der Waals surface area (Å²) >= 11 is 0. The van der Waals surface area contributed by atoms with E-state index in [9.17, 15) is 0 Å². The van der Waals surface area contributed by atoms with Gasteiger partial charge >= 0.3 is 0 Å². The van der Waals surface area contributed by atoms with Crippen molar-refractivity contribution in [1.29, 1.82) is 0 Å². The van der Waals surface area contributed by atoms with Gasteiger partial charge in [-0.1, -0.05) is 115 Å². The van der Waals surface area contributed by atoms with Crippen LogP contribution < -0.4 is 4.74 Å². The van der Waals surface area contributed by atoms with E-state index in [-0.39, 0.29) is 0 Å². The van der Waals surface area contributed by atoms with Crippen molar-refractivity contribution < 1.29 is 4.74 Å². The van der Waals surface area contributed by atoms with Crippen LogP contribution in [-0.2, 0) is 0 Å². The molecule has 1 heterocycles. The third-order valence-electron chi connectivity index (χ3n) is 8.40. The monoisotopic (exact) mass is 494 g/mol. The Morgan fingerprint density at radius 1 is 0.359 bits per heavy atom. The molecule has 1 nitrogen and oxygen atoms in total. The molecule has 9 rings (SSSR count). The predicted octanol–water partition coefficient (Wildman–Crippen LogP) is 10.8. The van der Waals surface area contributed by atoms with Crippen LogP contribution in [0.25, 0.3) is 76.5 Å². The Labute approximate surface area is 225 Å². The van der Waals surface area contributed by atoms with Crippen LogP contribution in [0.4, 0.5) is 0 Å². The maximum absolute atomic E-state index is 6.63. The summed E-state index contributed by atoms with van der Waals surface area (Å²) in [6, 6.07) is 48.3. The Bertz CT molecular complexity index is 2240. The van der Waals surface area contributed by atoms with Gasteiger partial charge in [-0.25, -0.2) is 0 Å². The quantitative estimate of drug-likeness (QED) is 0.217. The average Bonchev–Trinajstić information content (AvgIpc) is 3.00. The number of fused-ring (bicyclic) bond motifs is 2. The molecule has 0 fully saturated rings. The molecule has 180 valence electrons. The summed E-state index contributed by atoms with van der Waals surface area (Å²) in [6.45, 7) is 0. The summed E-state index contributed by atoms with van der Waals surface area (Å²) in [5, 5.41) is 10.2. The van der Waals surface area contributed by atoms with Gasteiger partial charge in [0.15, 0.2) is 0 Å². The molecule has 0 spiro atoms. The van der Waals surface area contributed by atoms with E-state index in [2.05, 4.69) is 127 Å². The Hall–Kier alpha value is -5.14. The molecule has 8 aromatic rings. The molecular formula is C38H22O. The van der Waals surface area contributed by atoms with Crippen LogP contribution in [0, 0.1) is 0 Å². The van der Waals surface area contributed by atoms with Crippen LogP contribution >= 0.6 is 0 Å². The molecule has 0 saturated heterocycles. The number of benzene rings is 8. The van der Waals surface area contributed by atoms with Crippen molar-refractivity contribution in [2.45, 2.75) is 0 Å². The van der Waals surface area contributed by atoms with Crippen molar-refractivity contribution in [1.82, 2.24) is 0 Å². The van der Waals surface area contributed by atoms with Crippen molar-refractivity contribution in [3.05, 3.63) is 133 Å². The number of hydrogen-bond donors (Lipinski definition) is 0. The maximum atomic E-state index is 6.63. The molecule has 0 amide bonds. The Morgan fingerprint density at radius 2 is 0.949 bits per heavy atom. The fourth-order valence-corrected chi connectivity index (χ4v) is 6.63. The first-order valence-corrected chi connectivity index (χ1v) is 13.4. The first kappa shape index (κ1) is 20.9. The van der Waals surface area contributed by atoms with E-state index in [0.29, 0.717) is 0 Å². The van der Waals surface area contributed by atoms with Gasteiger partial charge in [0.05, 0.1) is 0 Å². The number of hydrogen-bond acceptors (Lipinski definition) is 1. The Morgan fingerprint density at radius 3 is 1.79 bits per heavy atom. The summed E-state index contributed by atoms with van der Waals surface area (Å²) in [6.07, 6.45) is 0. The third kappa shape index (κ3) is 2.90. The summed E-state index contributed by atoms with van der Waals surface area (Å²) in [7, 11) is 0. The lowest BCUT2D eigenvalue weighted by atomic mass is 9.88. The zero-order valence-corrected chi connectivity index (χ0v) is 21.1. The molecule has 0 atom stereocenters. The van der Waals surface area contributed by atoms with Gasteiger partial charge < -0.3 is 4.74 Å². The summed E-state index contributed by atoms with van der Waals surface area (Å²) in [5.74, 6) is 1.85. The average molecular weight is 495 g/mol. The Balaban J connectivity index is 1.28. The minimum absolute atomic E-state index is 0.910. The van der Waals surface area contributed by atoms with Crippen LogP contribution in [0.15, 0.2) is 133 Å². The molecule has 1 heteroatoms. The lowest BCUT2D eigenvalue weighted by molar-refractivity contribution is 0.489. The van der Waals surface area contributed by atoms with Crippen LogP contribution in [0.1, 0.15) is 0 Å². The number of rotatable bonds is 2. The fourth-order valence-electron chi connectivity index (χ4n) is 6.63. The zero-order chi connectivity index (χ0) is 25.5. The standard InChI is InChI=1S/C38H22O/c1-2-13-34-31(11-1)32-12-5-8-25-17-20-30(38(39-34)37(25)32)28-10-4-9-27(22-28)29-19-16-26-15-14-23-6-3-7-24-18-21-33(29)36(26)35(23)24/h1-22H. The molecule has 0 N–H and O–H groups in total. The van der Waals surface area contributed by atoms with Gasteiger partial charge in [-0.2, -0.15) is 0 Å². The van der Waals surface area contributed by atoms with Gasteiger partial charge in [0.1, 0.15) is 11.5 Å². The van der Waals surface area contributed by atoms with Crippen molar-refractivity contribution in [3.63, 3.8) is 0 Å². The molecule has 1 aliphatic heterocycles. The first-order chi connectivity index (χ1) is 19.3. The SMILES string of the molecule is c1cc(-c2ccc3cccc4c3c2Oc2ccccc2-4)cc(-c2ccc3ccc4cccc5ccc2c3c45)c1. The van der Waals surface area contributed by atoms with E-state index in [1.54, 1.807) is 0 Å². The second kappa shape index (κ2) is 7.69. The van der Waals surface area contributed by atoms with Crippen LogP contribution in [0.2, 0.25) is 0 Å². The predicted molar refractivity (Wildman–Crippen MR) is 164 cm³/mol. The normalized spacial score (nSPS) is 12.3. The number of para-hydroxylation sites is 1. The summed E-state index contributed by atoms with van der Waals surface area (Å²) < 4.78 is 6.63. The molecule has 1 aliphatic rings. The molecule has 8 aromatic carbocycles. The molecule has 0 aromatic heterocycles. The Kier molecular flexibility index (Phi) is 4.11. The zero-order valence-electron chi connectivity index (χ0n) is 21.1. The van der Waals surface area contributed by atoms with Gasteiger partial charge in [-0.15, -0.1) is 0 Å². The van der Waals surface area contributed by atoms with E-state index in [1.165, 1.54) is 59.8 Å². The van der Waals surface area contributed by atoms with E-state index < -0.39 is 0 Å². The van der Waals surface area contributed by atoms with E-state index >= 15 is 0 Å². The van der Waals surface area contributed by atoms with Crippen LogP contribution in [0.3, 0.4) is 0 Å². The van der Waals surface area contributed by atoms with Gasteiger partial charge in [0, 0.05) is 16.5 Å². The minimum atomic E-state index is 0.910. The van der Waals surface area contributed by atoms with E-state index in [1.807, 2.05) is 6.07 Å². The van der Waals surface area contributed by atoms with Crippen molar-refractivity contribution >= 4 is 43.1 Å². The van der Waals surface area contributed by atoms with Crippen LogP contribution in [0.5, 0.6) is 11.5 Å². The highest BCUT2D eigenvalue weighted by Crippen LogP contribution is 2.50. The lowest BCUT2D eigenvalue weighted by Gasteiger charge is -2.23. The highest BCUT2D eigenvalue weighted by Gasteiger charge is 2.23. The van der Waals surface area contributed by atoms with Gasteiger partial charge in [0.25, 0.3) is 0 Å². The van der Waals surface area contributed by atoms with Crippen molar-refractivity contribution in [2.75, 3.05) is 0 Å². The minimum Gasteiger partial charge on any atom is -0.455 e. The summed E-state index contributed by atoms with van der Waals surface area (Å²) in [5.41, 5.74) is 7.11. The van der Waals surface area contributed by atoms with Crippen molar-refractivity contribution in [2.24, 2.45) is 0 Å². The first-order valence-electron chi connectivity index (χ1n) is 13.4. The highest BCUT2D eigenvalue weighted by atomic mass is 16.5. The molecular weight excluding hydrogens is 472 g/mol. The van der Waals surface area contributed by atoms with E-state index in [4.69, 9.17) is 4.74 Å². The second-order valence-corrected chi connectivity index (χ2v) is 10.5. The second-order valence-electron chi connectivity index (χ2n) is 10.5. The number of ether oxygens (including phenoxy) is 1. The highest BCUT2D eigenvalue weighted by molar-refractivity contribution is 6.25. The fraction of sp³-hybridized carbons (Fsp3) is 0. The van der Waals surface area contributed by atoms with Gasteiger partial charge in [-0.3, -0.25) is 0 Å². The topological polar surface area (TPSA) is 9.23 Å². The lowest BCUT2D eigenvalue weighted by Crippen LogP contribution is -1.98. The molecule has 0 bridgehead atoms. The van der Waals surface area contributed by atoms with Gasteiger partial charge in [-0.05, 0) is 78.2 Å². The van der Waals surface area contributed by atoms with E-state index in [0.717, 1.165) is 28.2 Å². The largest absolute Gasteiger partial charge is 0.455 e.